The van der Waals surface area contributed by atoms with Gasteiger partial charge >= 0.3 is 6.18 Å². The normalized spacial score (nSPS) is 11.9. The Hall–Kier alpha value is -3.14. The Morgan fingerprint density at radius 2 is 1.91 bits per heavy atom. The minimum Gasteiger partial charge on any atom is -0.338 e. The molecule has 2 aromatic carbocycles. The first kappa shape index (κ1) is 22.1. The molecule has 4 aromatic rings. The van der Waals surface area contributed by atoms with Crippen molar-refractivity contribution < 1.29 is 17.7 Å². The van der Waals surface area contributed by atoms with Gasteiger partial charge in [0.2, 0.25) is 11.7 Å². The number of halogens is 3. The number of alkyl halides is 3. The number of nitrogens with zero attached hydrogens (tertiary/aromatic N) is 4. The van der Waals surface area contributed by atoms with Crippen molar-refractivity contribution in [2.45, 2.75) is 43.4 Å². The molecule has 32 heavy (non-hydrogen) atoms. The van der Waals surface area contributed by atoms with Gasteiger partial charge in [0.25, 0.3) is 5.56 Å². The van der Waals surface area contributed by atoms with Crippen LogP contribution < -0.4 is 5.56 Å². The Bertz CT molecular complexity index is 1300. The average Bonchev–Trinajstić information content (AvgIpc) is 3.26. The Kier molecular flexibility index (Phi) is 6.31. The molecule has 6 nitrogen and oxygen atoms in total. The quantitative estimate of drug-likeness (QED) is 0.266. The number of para-hydroxylation sites is 1. The van der Waals surface area contributed by atoms with Gasteiger partial charge in [-0.1, -0.05) is 54.5 Å². The molecule has 2 aromatic heterocycles. The zero-order chi connectivity index (χ0) is 22.7. The molecule has 166 valence electrons. The fourth-order valence-corrected chi connectivity index (χ4v) is 4.03. The maximum absolute atomic E-state index is 13.0. The van der Waals surface area contributed by atoms with E-state index < -0.39 is 11.7 Å². The first-order chi connectivity index (χ1) is 15.4. The van der Waals surface area contributed by atoms with Crippen molar-refractivity contribution in [3.63, 3.8) is 0 Å². The number of hydrogen-bond acceptors (Lipinski definition) is 6. The first-order valence-electron chi connectivity index (χ1n) is 9.99. The van der Waals surface area contributed by atoms with Gasteiger partial charge in [-0.25, -0.2) is 4.98 Å². The fourth-order valence-electron chi connectivity index (χ4n) is 3.16. The second-order valence-electron chi connectivity index (χ2n) is 7.10. The van der Waals surface area contributed by atoms with E-state index in [-0.39, 0.29) is 28.6 Å². The minimum atomic E-state index is -4.46. The molecule has 0 atom stereocenters. The molecule has 0 amide bonds. The summed E-state index contributed by atoms with van der Waals surface area (Å²) in [6.45, 7) is 2.58. The van der Waals surface area contributed by atoms with Gasteiger partial charge in [0, 0.05) is 12.1 Å². The van der Waals surface area contributed by atoms with Gasteiger partial charge in [0.05, 0.1) is 22.2 Å². The van der Waals surface area contributed by atoms with E-state index in [1.54, 1.807) is 22.8 Å². The summed E-state index contributed by atoms with van der Waals surface area (Å²) >= 11 is 1.27. The molecule has 0 aliphatic heterocycles. The third-order valence-electron chi connectivity index (χ3n) is 4.80. The van der Waals surface area contributed by atoms with Crippen molar-refractivity contribution >= 4 is 22.7 Å². The summed E-state index contributed by atoms with van der Waals surface area (Å²) in [5, 5.41) is 4.89. The van der Waals surface area contributed by atoms with Crippen LogP contribution in [0.5, 0.6) is 0 Å². The van der Waals surface area contributed by atoms with Crippen LogP contribution >= 0.6 is 11.8 Å². The number of thioether (sulfide) groups is 1. The minimum absolute atomic E-state index is 0.0709. The molecule has 0 saturated carbocycles. The van der Waals surface area contributed by atoms with E-state index in [4.69, 9.17) is 4.52 Å². The zero-order valence-corrected chi connectivity index (χ0v) is 17.9. The van der Waals surface area contributed by atoms with Crippen LogP contribution in [0.4, 0.5) is 13.2 Å². The van der Waals surface area contributed by atoms with E-state index in [1.165, 1.54) is 23.9 Å². The van der Waals surface area contributed by atoms with Crippen LogP contribution in [0.15, 0.2) is 63.0 Å². The predicted molar refractivity (Wildman–Crippen MR) is 115 cm³/mol. The Morgan fingerprint density at radius 1 is 1.09 bits per heavy atom. The van der Waals surface area contributed by atoms with Crippen molar-refractivity contribution in [2.75, 3.05) is 0 Å². The molecule has 0 saturated heterocycles. The highest BCUT2D eigenvalue weighted by atomic mass is 32.2. The van der Waals surface area contributed by atoms with Crippen LogP contribution in [-0.4, -0.2) is 19.7 Å². The highest BCUT2D eigenvalue weighted by Gasteiger charge is 2.30. The van der Waals surface area contributed by atoms with Gasteiger partial charge in [-0.2, -0.15) is 18.2 Å². The predicted octanol–water partition coefficient (Wildman–Crippen LogP) is 5.56. The van der Waals surface area contributed by atoms with Crippen LogP contribution in [0.2, 0.25) is 0 Å². The summed E-state index contributed by atoms with van der Waals surface area (Å²) in [5.41, 5.74) is -0.0794. The lowest BCUT2D eigenvalue weighted by molar-refractivity contribution is -0.137. The Labute approximate surface area is 185 Å². The van der Waals surface area contributed by atoms with Gasteiger partial charge in [0.1, 0.15) is 0 Å². The van der Waals surface area contributed by atoms with Crippen LogP contribution in [0.25, 0.3) is 22.3 Å². The van der Waals surface area contributed by atoms with E-state index in [0.29, 0.717) is 22.6 Å². The molecule has 0 aliphatic carbocycles. The van der Waals surface area contributed by atoms with E-state index in [2.05, 4.69) is 15.1 Å². The lowest BCUT2D eigenvalue weighted by Gasteiger charge is -2.12. The number of rotatable bonds is 7. The number of fused-ring (bicyclic) bond motifs is 1. The molecule has 0 unspecified atom stereocenters. The molecule has 0 N–H and O–H groups in total. The van der Waals surface area contributed by atoms with E-state index in [1.807, 2.05) is 13.0 Å². The molecule has 2 heterocycles. The van der Waals surface area contributed by atoms with Gasteiger partial charge in [-0.15, -0.1) is 0 Å². The highest BCUT2D eigenvalue weighted by molar-refractivity contribution is 7.98. The monoisotopic (exact) mass is 460 g/mol. The van der Waals surface area contributed by atoms with Crippen LogP contribution in [0.3, 0.4) is 0 Å². The number of aromatic nitrogens is 4. The number of benzene rings is 2. The van der Waals surface area contributed by atoms with Crippen LogP contribution in [0.1, 0.15) is 31.2 Å². The van der Waals surface area contributed by atoms with Crippen molar-refractivity contribution in [2.24, 2.45) is 0 Å². The van der Waals surface area contributed by atoms with Crippen molar-refractivity contribution in [1.82, 2.24) is 19.7 Å². The van der Waals surface area contributed by atoms with E-state index >= 15 is 0 Å². The van der Waals surface area contributed by atoms with Gasteiger partial charge in [-0.3, -0.25) is 9.36 Å². The zero-order valence-electron chi connectivity index (χ0n) is 17.1. The lowest BCUT2D eigenvalue weighted by atomic mass is 10.1. The molecule has 0 aliphatic rings. The summed E-state index contributed by atoms with van der Waals surface area (Å²) in [7, 11) is 0. The number of hydrogen-bond donors (Lipinski definition) is 0. The summed E-state index contributed by atoms with van der Waals surface area (Å²) in [6, 6.07) is 11.9. The smallest absolute Gasteiger partial charge is 0.338 e. The SMILES string of the molecule is CCCCn1c(SCc2nc(-c3cccc(C(F)(F)F)c3)no2)nc2ccccc2c1=O. The van der Waals surface area contributed by atoms with E-state index in [9.17, 15) is 18.0 Å². The van der Waals surface area contributed by atoms with Crippen molar-refractivity contribution in [3.8, 4) is 11.4 Å². The molecule has 0 radical (unpaired) electrons. The lowest BCUT2D eigenvalue weighted by Crippen LogP contribution is -2.23. The third-order valence-corrected chi connectivity index (χ3v) is 5.76. The molecule has 10 heteroatoms. The topological polar surface area (TPSA) is 73.8 Å². The average molecular weight is 460 g/mol. The second-order valence-corrected chi connectivity index (χ2v) is 8.04. The summed E-state index contributed by atoms with van der Waals surface area (Å²) in [4.78, 5) is 21.8. The molecule has 0 spiro atoms. The standard InChI is InChI=1S/C22H19F3N4O2S/c1-2-3-11-29-20(30)16-9-4-5-10-17(16)26-21(29)32-13-18-27-19(28-31-18)14-7-6-8-15(12-14)22(23,24)25/h4-10,12H,2-3,11,13H2,1H3. The molecule has 4 rings (SSSR count). The summed E-state index contributed by atoms with van der Waals surface area (Å²) < 4.78 is 45.8. The summed E-state index contributed by atoms with van der Waals surface area (Å²) in [5.74, 6) is 0.525. The fraction of sp³-hybridized carbons (Fsp3) is 0.273. The van der Waals surface area contributed by atoms with Crippen LogP contribution in [-0.2, 0) is 18.5 Å². The maximum atomic E-state index is 13.0. The molecule has 0 fully saturated rings. The summed E-state index contributed by atoms with van der Waals surface area (Å²) in [6.07, 6.45) is -2.70. The Balaban J connectivity index is 1.58. The molecule has 0 bridgehead atoms. The van der Waals surface area contributed by atoms with Gasteiger partial charge in [0.15, 0.2) is 5.16 Å². The maximum Gasteiger partial charge on any atom is 0.416 e. The van der Waals surface area contributed by atoms with Gasteiger partial charge in [-0.05, 0) is 30.7 Å². The largest absolute Gasteiger partial charge is 0.416 e. The second kappa shape index (κ2) is 9.15. The third kappa shape index (κ3) is 4.69. The van der Waals surface area contributed by atoms with Crippen LogP contribution in [0, 0.1) is 0 Å². The molecular formula is C22H19F3N4O2S. The number of unbranched alkanes of at least 4 members (excludes halogenated alkanes) is 1. The van der Waals surface area contributed by atoms with Gasteiger partial charge < -0.3 is 4.52 Å². The van der Waals surface area contributed by atoms with E-state index in [0.717, 1.165) is 25.0 Å². The molecular weight excluding hydrogens is 441 g/mol. The van der Waals surface area contributed by atoms with Crippen molar-refractivity contribution in [1.29, 1.82) is 0 Å². The Morgan fingerprint density at radius 3 is 2.69 bits per heavy atom. The first-order valence-corrected chi connectivity index (χ1v) is 11.0. The van der Waals surface area contributed by atoms with Crippen molar-refractivity contribution in [3.05, 3.63) is 70.3 Å². The highest BCUT2D eigenvalue weighted by Crippen LogP contribution is 2.31.